The summed E-state index contributed by atoms with van der Waals surface area (Å²) in [5.41, 5.74) is 11.6. The lowest BCUT2D eigenvalue weighted by Crippen LogP contribution is -1.96. The summed E-state index contributed by atoms with van der Waals surface area (Å²) in [6.45, 7) is 0. The second kappa shape index (κ2) is 10.5. The Kier molecular flexibility index (Phi) is 5.65. The molecule has 4 heteroatoms. The predicted octanol–water partition coefficient (Wildman–Crippen LogP) is 14.3. The fourth-order valence-electron chi connectivity index (χ4n) is 8.58. The van der Waals surface area contributed by atoms with E-state index in [1.54, 1.807) is 0 Å². The largest absolute Gasteiger partial charge is 0.456 e. The molecule has 8 aromatic carbocycles. The molecule has 12 aromatic rings. The minimum absolute atomic E-state index is 0.887. The van der Waals surface area contributed by atoms with E-state index < -0.39 is 0 Å². The third-order valence-electron chi connectivity index (χ3n) is 10.8. The maximum absolute atomic E-state index is 6.40. The molecule has 4 aromatic heterocycles. The monoisotopic (exact) mass is 681 g/mol. The van der Waals surface area contributed by atoms with E-state index in [1.807, 2.05) is 23.5 Å². The molecule has 0 saturated carbocycles. The van der Waals surface area contributed by atoms with E-state index in [-0.39, 0.29) is 0 Å². The molecule has 52 heavy (non-hydrogen) atoms. The lowest BCUT2D eigenvalue weighted by Gasteiger charge is -2.15. The van der Waals surface area contributed by atoms with Crippen LogP contribution >= 0.6 is 11.3 Å². The Labute approximate surface area is 301 Å². The summed E-state index contributed by atoms with van der Waals surface area (Å²) < 4.78 is 17.9. The Morgan fingerprint density at radius 1 is 0.404 bits per heavy atom. The second-order valence-corrected chi connectivity index (χ2v) is 14.7. The molecule has 4 heterocycles. The number of nitrogens with zero attached hydrogens (tertiary/aromatic N) is 1. The van der Waals surface area contributed by atoms with Crippen molar-refractivity contribution in [1.29, 1.82) is 0 Å². The van der Waals surface area contributed by atoms with Gasteiger partial charge in [-0.3, -0.25) is 0 Å². The average molecular weight is 682 g/mol. The first-order valence-electron chi connectivity index (χ1n) is 17.6. The lowest BCUT2D eigenvalue weighted by atomic mass is 9.93. The summed E-state index contributed by atoms with van der Waals surface area (Å²) in [6.07, 6.45) is 0. The van der Waals surface area contributed by atoms with Gasteiger partial charge in [-0.25, -0.2) is 0 Å². The van der Waals surface area contributed by atoms with Crippen molar-refractivity contribution in [2.45, 2.75) is 0 Å². The van der Waals surface area contributed by atoms with Gasteiger partial charge in [-0.2, -0.15) is 0 Å². The Balaban J connectivity index is 1.25. The van der Waals surface area contributed by atoms with Gasteiger partial charge in [0, 0.05) is 53.5 Å². The van der Waals surface area contributed by atoms with E-state index in [2.05, 4.69) is 156 Å². The smallest absolute Gasteiger partial charge is 0.136 e. The van der Waals surface area contributed by atoms with Crippen LogP contribution in [-0.2, 0) is 0 Å². The molecule has 0 N–H and O–H groups in total. The number of rotatable bonds is 3. The highest BCUT2D eigenvalue weighted by Crippen LogP contribution is 2.46. The van der Waals surface area contributed by atoms with Gasteiger partial charge in [0.2, 0.25) is 0 Å². The first kappa shape index (κ1) is 28.1. The van der Waals surface area contributed by atoms with E-state index in [9.17, 15) is 0 Å². The zero-order valence-electron chi connectivity index (χ0n) is 27.8. The van der Waals surface area contributed by atoms with Gasteiger partial charge in [-0.05, 0) is 76.9 Å². The van der Waals surface area contributed by atoms with Crippen molar-refractivity contribution in [1.82, 2.24) is 4.57 Å². The van der Waals surface area contributed by atoms with E-state index in [1.165, 1.54) is 42.0 Å². The summed E-state index contributed by atoms with van der Waals surface area (Å²) in [7, 11) is 0. The van der Waals surface area contributed by atoms with Crippen molar-refractivity contribution in [2.75, 3.05) is 0 Å². The van der Waals surface area contributed by atoms with Gasteiger partial charge in [0.15, 0.2) is 0 Å². The standard InChI is InChI=1S/C48H27NO2S/c1-5-17-39-33(11-1)35-23-24-36-34-12-4-8-22-44(34)52-48(36)47(35)49(39)30-26-28(31-15-9-20-42-45(31)37-13-2-6-18-40(37)50-42)25-29(27-30)32-16-10-21-43-46(32)38-14-3-7-19-41(38)51-43/h1-27H. The molecule has 0 spiro atoms. The predicted molar refractivity (Wildman–Crippen MR) is 219 cm³/mol. The SMILES string of the molecule is c1ccc2c(c1)oc1cccc(-c3cc(-c4cccc5oc6ccccc6c45)cc(-n4c5ccccc5c5ccc6c7ccccc7sc6c54)c3)c12. The van der Waals surface area contributed by atoms with E-state index in [0.717, 1.165) is 71.8 Å². The normalized spacial score (nSPS) is 12.2. The topological polar surface area (TPSA) is 31.2 Å². The maximum atomic E-state index is 6.40. The first-order chi connectivity index (χ1) is 25.8. The molecule has 0 radical (unpaired) electrons. The molecule has 0 bridgehead atoms. The van der Waals surface area contributed by atoms with E-state index in [4.69, 9.17) is 8.83 Å². The van der Waals surface area contributed by atoms with Gasteiger partial charge in [-0.1, -0.05) is 109 Å². The number of furan rings is 2. The quantitative estimate of drug-likeness (QED) is 0.186. The van der Waals surface area contributed by atoms with Crippen molar-refractivity contribution in [3.63, 3.8) is 0 Å². The number of hydrogen-bond donors (Lipinski definition) is 0. The van der Waals surface area contributed by atoms with Crippen LogP contribution in [0.25, 0.3) is 114 Å². The summed E-state index contributed by atoms with van der Waals surface area (Å²) in [4.78, 5) is 0. The molecule has 0 saturated heterocycles. The minimum atomic E-state index is 0.887. The molecular weight excluding hydrogens is 655 g/mol. The highest BCUT2D eigenvalue weighted by atomic mass is 32.1. The fraction of sp³-hybridized carbons (Fsp3) is 0. The van der Waals surface area contributed by atoms with Crippen LogP contribution in [0.1, 0.15) is 0 Å². The molecule has 0 atom stereocenters. The van der Waals surface area contributed by atoms with Crippen LogP contribution in [0.5, 0.6) is 0 Å². The average Bonchev–Trinajstić information content (AvgIpc) is 3.96. The van der Waals surface area contributed by atoms with Crippen LogP contribution in [0.2, 0.25) is 0 Å². The second-order valence-electron chi connectivity index (χ2n) is 13.6. The highest BCUT2D eigenvalue weighted by molar-refractivity contribution is 7.26. The van der Waals surface area contributed by atoms with E-state index >= 15 is 0 Å². The van der Waals surface area contributed by atoms with Crippen molar-refractivity contribution in [3.8, 4) is 27.9 Å². The van der Waals surface area contributed by atoms with Crippen molar-refractivity contribution in [2.24, 2.45) is 0 Å². The highest BCUT2D eigenvalue weighted by Gasteiger charge is 2.21. The van der Waals surface area contributed by atoms with Gasteiger partial charge in [0.25, 0.3) is 0 Å². The molecular formula is C48H27NO2S. The van der Waals surface area contributed by atoms with Crippen molar-refractivity contribution < 1.29 is 8.83 Å². The number of para-hydroxylation sites is 3. The molecule has 0 unspecified atom stereocenters. The van der Waals surface area contributed by atoms with Crippen LogP contribution in [0, 0.1) is 0 Å². The van der Waals surface area contributed by atoms with Gasteiger partial charge in [-0.15, -0.1) is 11.3 Å². The fourth-order valence-corrected chi connectivity index (χ4v) is 9.82. The zero-order valence-corrected chi connectivity index (χ0v) is 28.6. The first-order valence-corrected chi connectivity index (χ1v) is 18.4. The van der Waals surface area contributed by atoms with Crippen LogP contribution in [0.15, 0.2) is 173 Å². The number of thiophene rings is 1. The summed E-state index contributed by atoms with van der Waals surface area (Å²) in [5, 5.41) is 9.58. The zero-order chi connectivity index (χ0) is 33.9. The van der Waals surface area contributed by atoms with Gasteiger partial charge in [0.1, 0.15) is 22.3 Å². The Morgan fingerprint density at radius 3 is 1.62 bits per heavy atom. The Hall–Kier alpha value is -6.62. The number of aromatic nitrogens is 1. The minimum Gasteiger partial charge on any atom is -0.456 e. The molecule has 242 valence electrons. The molecule has 0 amide bonds. The Bertz CT molecular complexity index is 3290. The number of fused-ring (bicyclic) bond motifs is 13. The van der Waals surface area contributed by atoms with Crippen LogP contribution in [0.4, 0.5) is 0 Å². The maximum Gasteiger partial charge on any atom is 0.136 e. The van der Waals surface area contributed by atoms with Gasteiger partial charge >= 0.3 is 0 Å². The summed E-state index contributed by atoms with van der Waals surface area (Å²) >= 11 is 1.88. The molecule has 0 aliphatic carbocycles. The molecule has 3 nitrogen and oxygen atoms in total. The number of hydrogen-bond acceptors (Lipinski definition) is 3. The van der Waals surface area contributed by atoms with Crippen LogP contribution < -0.4 is 0 Å². The van der Waals surface area contributed by atoms with Crippen LogP contribution in [-0.4, -0.2) is 4.57 Å². The molecule has 0 aliphatic rings. The molecule has 0 aliphatic heterocycles. The lowest BCUT2D eigenvalue weighted by molar-refractivity contribution is 0.668. The van der Waals surface area contributed by atoms with Crippen molar-refractivity contribution >= 4 is 97.2 Å². The summed E-state index contributed by atoms with van der Waals surface area (Å²) in [5.74, 6) is 0. The third-order valence-corrected chi connectivity index (χ3v) is 12.0. The van der Waals surface area contributed by atoms with Crippen LogP contribution in [0.3, 0.4) is 0 Å². The number of benzene rings is 8. The third kappa shape index (κ3) is 3.84. The molecule has 12 rings (SSSR count). The van der Waals surface area contributed by atoms with E-state index in [0.29, 0.717) is 0 Å². The molecule has 0 fully saturated rings. The van der Waals surface area contributed by atoms with Gasteiger partial charge < -0.3 is 13.4 Å². The summed E-state index contributed by atoms with van der Waals surface area (Å²) in [6, 6.07) is 58.8. The van der Waals surface area contributed by atoms with Crippen molar-refractivity contribution in [3.05, 3.63) is 164 Å². The Morgan fingerprint density at radius 2 is 0.942 bits per heavy atom. The van der Waals surface area contributed by atoms with Gasteiger partial charge in [0.05, 0.1) is 15.7 Å².